The first-order chi connectivity index (χ1) is 4.27. The first-order valence-corrected chi connectivity index (χ1v) is 5.27. The van der Waals surface area contributed by atoms with E-state index in [1.807, 2.05) is 11.8 Å². The summed E-state index contributed by atoms with van der Waals surface area (Å²) in [6.07, 6.45) is 3.23. The number of hydrogen-bond donors (Lipinski definition) is 0. The zero-order valence-electron chi connectivity index (χ0n) is 5.85. The molecular weight excluding hydrogens is 152 g/mol. The Balaban J connectivity index is 2.83. The van der Waals surface area contributed by atoms with E-state index in [4.69, 9.17) is 0 Å². The standard InChI is InChI=1S/C6H12OS2/c1-6(7)9-5-3-4-8-2/h3-5H2,1-2H3. The Morgan fingerprint density at radius 3 is 2.56 bits per heavy atom. The van der Waals surface area contributed by atoms with Crippen LogP contribution in [0.25, 0.3) is 0 Å². The van der Waals surface area contributed by atoms with Crippen LogP contribution in [-0.2, 0) is 4.79 Å². The SMILES string of the molecule is CSCCCSC(C)=O. The summed E-state index contributed by atoms with van der Waals surface area (Å²) in [6.45, 7) is 1.61. The van der Waals surface area contributed by atoms with Crippen molar-refractivity contribution in [1.82, 2.24) is 0 Å². The molecule has 0 rings (SSSR count). The lowest BCUT2D eigenvalue weighted by atomic mass is 10.6. The number of carbonyl (C=O) groups excluding carboxylic acids is 1. The zero-order chi connectivity index (χ0) is 7.11. The van der Waals surface area contributed by atoms with Gasteiger partial charge in [-0.3, -0.25) is 4.79 Å². The van der Waals surface area contributed by atoms with Gasteiger partial charge in [0.2, 0.25) is 0 Å². The highest BCUT2D eigenvalue weighted by molar-refractivity contribution is 8.13. The molecule has 0 fully saturated rings. The average molecular weight is 164 g/mol. The van der Waals surface area contributed by atoms with Gasteiger partial charge in [0.1, 0.15) is 0 Å². The molecule has 54 valence electrons. The molecule has 1 nitrogen and oxygen atoms in total. The minimum absolute atomic E-state index is 0.233. The highest BCUT2D eigenvalue weighted by atomic mass is 32.2. The predicted octanol–water partition coefficient (Wildman–Crippen LogP) is 2.02. The van der Waals surface area contributed by atoms with Gasteiger partial charge in [-0.25, -0.2) is 0 Å². The second kappa shape index (κ2) is 6.49. The van der Waals surface area contributed by atoms with Crippen molar-refractivity contribution in [3.63, 3.8) is 0 Å². The van der Waals surface area contributed by atoms with E-state index in [0.717, 1.165) is 12.2 Å². The van der Waals surface area contributed by atoms with Crippen molar-refractivity contribution >= 4 is 28.6 Å². The van der Waals surface area contributed by atoms with Crippen LogP contribution in [0.4, 0.5) is 0 Å². The van der Waals surface area contributed by atoms with E-state index >= 15 is 0 Å². The van der Waals surface area contributed by atoms with Gasteiger partial charge in [0.05, 0.1) is 0 Å². The Labute approximate surface area is 65.0 Å². The molecule has 0 saturated heterocycles. The number of rotatable bonds is 4. The summed E-state index contributed by atoms with van der Waals surface area (Å²) in [5, 5.41) is 0.233. The first kappa shape index (κ1) is 9.37. The monoisotopic (exact) mass is 164 g/mol. The summed E-state index contributed by atoms with van der Waals surface area (Å²) in [6, 6.07) is 0. The molecule has 0 N–H and O–H groups in total. The molecule has 0 unspecified atom stereocenters. The van der Waals surface area contributed by atoms with Crippen LogP contribution in [-0.4, -0.2) is 22.9 Å². The van der Waals surface area contributed by atoms with Crippen LogP contribution in [0.1, 0.15) is 13.3 Å². The molecule has 0 aliphatic carbocycles. The molecule has 0 atom stereocenters. The van der Waals surface area contributed by atoms with Gasteiger partial charge in [0.25, 0.3) is 0 Å². The van der Waals surface area contributed by atoms with Gasteiger partial charge in [0.15, 0.2) is 5.12 Å². The third-order valence-electron chi connectivity index (χ3n) is 0.798. The molecule has 0 saturated carbocycles. The van der Waals surface area contributed by atoms with Crippen molar-refractivity contribution < 1.29 is 4.79 Å². The molecule has 9 heavy (non-hydrogen) atoms. The fourth-order valence-electron chi connectivity index (χ4n) is 0.419. The van der Waals surface area contributed by atoms with E-state index in [1.165, 1.54) is 17.5 Å². The van der Waals surface area contributed by atoms with E-state index in [1.54, 1.807) is 6.92 Å². The van der Waals surface area contributed by atoms with E-state index in [2.05, 4.69) is 6.26 Å². The molecule has 0 spiro atoms. The molecule has 0 bridgehead atoms. The van der Waals surface area contributed by atoms with Gasteiger partial charge in [-0.15, -0.1) is 0 Å². The largest absolute Gasteiger partial charge is 0.288 e. The lowest BCUT2D eigenvalue weighted by Gasteiger charge is -1.93. The van der Waals surface area contributed by atoms with E-state index in [0.29, 0.717) is 0 Å². The number of hydrogen-bond acceptors (Lipinski definition) is 3. The van der Waals surface area contributed by atoms with E-state index < -0.39 is 0 Å². The van der Waals surface area contributed by atoms with Gasteiger partial charge in [-0.05, 0) is 18.4 Å². The second-order valence-electron chi connectivity index (χ2n) is 1.69. The molecule has 0 aliphatic heterocycles. The lowest BCUT2D eigenvalue weighted by Crippen LogP contribution is -1.87. The highest BCUT2D eigenvalue weighted by Gasteiger charge is 1.91. The fraction of sp³-hybridized carbons (Fsp3) is 0.833. The maximum atomic E-state index is 10.4. The maximum absolute atomic E-state index is 10.4. The fourth-order valence-corrected chi connectivity index (χ4v) is 1.61. The molecule has 0 amide bonds. The first-order valence-electron chi connectivity index (χ1n) is 2.89. The lowest BCUT2D eigenvalue weighted by molar-refractivity contribution is -0.109. The third-order valence-corrected chi connectivity index (χ3v) is 2.39. The Bertz CT molecular complexity index is 83.1. The molecule has 0 aromatic carbocycles. The van der Waals surface area contributed by atoms with Crippen molar-refractivity contribution in [2.24, 2.45) is 0 Å². The van der Waals surface area contributed by atoms with Crippen molar-refractivity contribution in [1.29, 1.82) is 0 Å². The summed E-state index contributed by atoms with van der Waals surface area (Å²) in [4.78, 5) is 10.4. The van der Waals surface area contributed by atoms with Crippen LogP contribution < -0.4 is 0 Å². The molecule has 3 heteroatoms. The summed E-state index contributed by atoms with van der Waals surface area (Å²) in [7, 11) is 0. The summed E-state index contributed by atoms with van der Waals surface area (Å²) < 4.78 is 0. The van der Waals surface area contributed by atoms with Crippen molar-refractivity contribution in [2.45, 2.75) is 13.3 Å². The smallest absolute Gasteiger partial charge is 0.185 e. The predicted molar refractivity (Wildman–Crippen MR) is 46.1 cm³/mol. The molecule has 0 aromatic heterocycles. The minimum atomic E-state index is 0.233. The maximum Gasteiger partial charge on any atom is 0.185 e. The highest BCUT2D eigenvalue weighted by Crippen LogP contribution is 2.05. The zero-order valence-corrected chi connectivity index (χ0v) is 7.48. The van der Waals surface area contributed by atoms with Crippen LogP contribution in [0, 0.1) is 0 Å². The van der Waals surface area contributed by atoms with Crippen LogP contribution in [0.3, 0.4) is 0 Å². The van der Waals surface area contributed by atoms with Gasteiger partial charge < -0.3 is 0 Å². The van der Waals surface area contributed by atoms with Crippen molar-refractivity contribution in [3.8, 4) is 0 Å². The van der Waals surface area contributed by atoms with Crippen LogP contribution in [0.2, 0.25) is 0 Å². The van der Waals surface area contributed by atoms with Crippen LogP contribution in [0.15, 0.2) is 0 Å². The number of carbonyl (C=O) groups is 1. The quantitative estimate of drug-likeness (QED) is 0.592. The number of thioether (sulfide) groups is 2. The normalized spacial score (nSPS) is 9.56. The summed E-state index contributed by atoms with van der Waals surface area (Å²) in [5.41, 5.74) is 0. The molecule has 0 heterocycles. The van der Waals surface area contributed by atoms with Crippen molar-refractivity contribution in [2.75, 3.05) is 17.8 Å². The average Bonchev–Trinajstić information content (AvgIpc) is 1.80. The van der Waals surface area contributed by atoms with Gasteiger partial charge in [-0.1, -0.05) is 11.8 Å². The Kier molecular flexibility index (Phi) is 6.76. The third kappa shape index (κ3) is 8.37. The molecular formula is C6H12OS2. The second-order valence-corrected chi connectivity index (χ2v) is 3.94. The van der Waals surface area contributed by atoms with Crippen LogP contribution >= 0.6 is 23.5 Å². The Morgan fingerprint density at radius 2 is 2.11 bits per heavy atom. The summed E-state index contributed by atoms with van der Waals surface area (Å²) in [5.74, 6) is 2.15. The van der Waals surface area contributed by atoms with Crippen molar-refractivity contribution in [3.05, 3.63) is 0 Å². The van der Waals surface area contributed by atoms with Gasteiger partial charge >= 0.3 is 0 Å². The molecule has 0 radical (unpaired) electrons. The summed E-state index contributed by atoms with van der Waals surface area (Å²) >= 11 is 3.25. The Morgan fingerprint density at radius 1 is 1.44 bits per heavy atom. The van der Waals surface area contributed by atoms with Gasteiger partial charge in [-0.2, -0.15) is 11.8 Å². The van der Waals surface area contributed by atoms with E-state index in [9.17, 15) is 4.79 Å². The molecule has 0 aliphatic rings. The van der Waals surface area contributed by atoms with E-state index in [-0.39, 0.29) is 5.12 Å². The topological polar surface area (TPSA) is 17.1 Å². The Hall–Kier alpha value is 0.370. The van der Waals surface area contributed by atoms with Crippen LogP contribution in [0.5, 0.6) is 0 Å². The minimum Gasteiger partial charge on any atom is -0.288 e. The van der Waals surface area contributed by atoms with Gasteiger partial charge in [0, 0.05) is 12.7 Å². The molecule has 0 aromatic rings.